The van der Waals surface area contributed by atoms with Gasteiger partial charge in [0.2, 0.25) is 0 Å². The summed E-state index contributed by atoms with van der Waals surface area (Å²) in [4.78, 5) is 0. The average molecular weight is 402 g/mol. The van der Waals surface area contributed by atoms with Crippen LogP contribution < -0.4 is 8.37 Å². The minimum absolute atomic E-state index is 0.0758. The highest BCUT2D eigenvalue weighted by Gasteiger charge is 2.17. The van der Waals surface area contributed by atoms with Gasteiger partial charge in [0.05, 0.1) is 13.2 Å². The van der Waals surface area contributed by atoms with Crippen molar-refractivity contribution in [3.63, 3.8) is 0 Å². The number of benzene rings is 2. The quantitative estimate of drug-likeness (QED) is 0.588. The summed E-state index contributed by atoms with van der Waals surface area (Å²) in [6.45, 7) is 2.55. The Bertz CT molecular complexity index is 838. The van der Waals surface area contributed by atoms with Gasteiger partial charge in [-0.2, -0.15) is 16.8 Å². The molecule has 0 fully saturated rings. The molecule has 0 heterocycles. The fourth-order valence-electron chi connectivity index (χ4n) is 1.74. The van der Waals surface area contributed by atoms with E-state index < -0.39 is 34.0 Å². The third kappa shape index (κ3) is 7.00. The van der Waals surface area contributed by atoms with E-state index in [1.165, 1.54) is 24.3 Å². The molecule has 26 heavy (non-hydrogen) atoms. The van der Waals surface area contributed by atoms with Crippen LogP contribution in [0.3, 0.4) is 0 Å². The fourth-order valence-corrected chi connectivity index (χ4v) is 3.08. The zero-order valence-electron chi connectivity index (χ0n) is 14.1. The molecule has 142 valence electrons. The lowest BCUT2D eigenvalue weighted by atomic mass is 10.2. The summed E-state index contributed by atoms with van der Waals surface area (Å²) in [6.07, 6.45) is 0. The fraction of sp³-hybridized carbons (Fsp3) is 0.250. The highest BCUT2D eigenvalue weighted by Crippen LogP contribution is 2.16. The van der Waals surface area contributed by atoms with Crippen LogP contribution in [0, 0.1) is 13.8 Å². The van der Waals surface area contributed by atoms with E-state index in [1.807, 2.05) is 13.8 Å². The second-order valence-corrected chi connectivity index (χ2v) is 7.69. The maximum Gasteiger partial charge on any atom is 0.449 e. The Balaban J connectivity index is 1.79. The van der Waals surface area contributed by atoms with Crippen LogP contribution in [-0.4, -0.2) is 30.0 Å². The van der Waals surface area contributed by atoms with E-state index >= 15 is 0 Å². The number of hydrogen-bond donors (Lipinski definition) is 0. The van der Waals surface area contributed by atoms with Crippen molar-refractivity contribution in [2.75, 3.05) is 13.2 Å². The molecule has 0 N–H and O–H groups in total. The van der Waals surface area contributed by atoms with Gasteiger partial charge in [-0.25, -0.2) is 8.37 Å². The summed E-state index contributed by atoms with van der Waals surface area (Å²) >= 11 is 0. The van der Waals surface area contributed by atoms with Gasteiger partial charge in [0.1, 0.15) is 11.5 Å². The molecule has 0 aliphatic rings. The van der Waals surface area contributed by atoms with Gasteiger partial charge in [-0.05, 0) is 38.1 Å². The summed E-state index contributed by atoms with van der Waals surface area (Å²) in [5, 5.41) is 0. The van der Waals surface area contributed by atoms with E-state index in [9.17, 15) is 16.8 Å². The topological polar surface area (TPSA) is 105 Å². The Morgan fingerprint density at radius 1 is 0.615 bits per heavy atom. The number of aryl methyl sites for hydroxylation is 2. The van der Waals surface area contributed by atoms with E-state index in [4.69, 9.17) is 8.37 Å². The molecule has 0 bridgehead atoms. The van der Waals surface area contributed by atoms with Crippen molar-refractivity contribution in [2.45, 2.75) is 13.8 Å². The van der Waals surface area contributed by atoms with Crippen LogP contribution in [0.4, 0.5) is 0 Å². The molecule has 0 atom stereocenters. The molecule has 0 amide bonds. The van der Waals surface area contributed by atoms with Crippen LogP contribution in [0.1, 0.15) is 11.1 Å². The number of hydrogen-bond acceptors (Lipinski definition) is 8. The van der Waals surface area contributed by atoms with Gasteiger partial charge in [-0.1, -0.05) is 35.4 Å². The molecule has 2 rings (SSSR count). The second-order valence-electron chi connectivity index (χ2n) is 5.25. The van der Waals surface area contributed by atoms with Crippen molar-refractivity contribution in [3.8, 4) is 11.5 Å². The highest BCUT2D eigenvalue weighted by atomic mass is 32.3. The van der Waals surface area contributed by atoms with Crippen LogP contribution in [0.25, 0.3) is 0 Å². The molecule has 2 aromatic carbocycles. The van der Waals surface area contributed by atoms with Crippen molar-refractivity contribution in [3.05, 3.63) is 59.7 Å². The molecule has 0 saturated heterocycles. The minimum Gasteiger partial charge on any atom is -0.362 e. The standard InChI is InChI=1S/C16H18O8S2/c1-13-3-7-15(8-4-13)23-25(17,18)21-11-12-22-26(19,20)24-16-9-5-14(2)6-10-16/h3-10H,11-12H2,1-2H3. The smallest absolute Gasteiger partial charge is 0.362 e. The minimum atomic E-state index is -4.34. The summed E-state index contributed by atoms with van der Waals surface area (Å²) < 4.78 is 65.1. The zero-order valence-corrected chi connectivity index (χ0v) is 15.7. The first-order chi connectivity index (χ1) is 12.2. The Kier molecular flexibility index (Phi) is 6.59. The molecule has 0 aromatic heterocycles. The van der Waals surface area contributed by atoms with Gasteiger partial charge >= 0.3 is 20.8 Å². The predicted molar refractivity (Wildman–Crippen MR) is 93.4 cm³/mol. The molecule has 2 aromatic rings. The lowest BCUT2D eigenvalue weighted by Crippen LogP contribution is -2.20. The molecule has 8 nitrogen and oxygen atoms in total. The molecule has 0 saturated carbocycles. The molecule has 0 aliphatic heterocycles. The van der Waals surface area contributed by atoms with E-state index in [0.717, 1.165) is 11.1 Å². The summed E-state index contributed by atoms with van der Waals surface area (Å²) in [5.41, 5.74) is 1.87. The molecular formula is C16H18O8S2. The van der Waals surface area contributed by atoms with Gasteiger partial charge < -0.3 is 8.37 Å². The van der Waals surface area contributed by atoms with Crippen LogP contribution in [0.2, 0.25) is 0 Å². The van der Waals surface area contributed by atoms with Crippen LogP contribution >= 0.6 is 0 Å². The van der Waals surface area contributed by atoms with Crippen LogP contribution in [0.15, 0.2) is 48.5 Å². The third-order valence-electron chi connectivity index (χ3n) is 2.98. The molecule has 0 aliphatic carbocycles. The molecular weight excluding hydrogens is 384 g/mol. The monoisotopic (exact) mass is 402 g/mol. The Hall–Kier alpha value is -2.14. The van der Waals surface area contributed by atoms with Crippen molar-refractivity contribution in [1.82, 2.24) is 0 Å². The second kappa shape index (κ2) is 8.49. The molecule has 10 heteroatoms. The maximum atomic E-state index is 11.7. The van der Waals surface area contributed by atoms with Gasteiger partial charge in [0.15, 0.2) is 0 Å². The Labute approximate surface area is 152 Å². The third-order valence-corrected chi connectivity index (χ3v) is 4.68. The first kappa shape index (κ1) is 20.2. The highest BCUT2D eigenvalue weighted by molar-refractivity contribution is 7.82. The molecule has 0 unspecified atom stereocenters. The Morgan fingerprint density at radius 3 is 1.23 bits per heavy atom. The summed E-state index contributed by atoms with van der Waals surface area (Å²) in [6, 6.07) is 12.5. The normalized spacial score (nSPS) is 11.9. The van der Waals surface area contributed by atoms with Crippen LogP contribution in [-0.2, 0) is 29.2 Å². The van der Waals surface area contributed by atoms with Gasteiger partial charge in [-0.15, -0.1) is 0 Å². The van der Waals surface area contributed by atoms with Crippen molar-refractivity contribution in [1.29, 1.82) is 0 Å². The average Bonchev–Trinajstić information content (AvgIpc) is 2.56. The van der Waals surface area contributed by atoms with Crippen molar-refractivity contribution >= 4 is 20.8 Å². The van der Waals surface area contributed by atoms with E-state index in [1.54, 1.807) is 24.3 Å². The van der Waals surface area contributed by atoms with Crippen molar-refractivity contribution < 1.29 is 33.6 Å². The zero-order chi connectivity index (χ0) is 19.2. The SMILES string of the molecule is Cc1ccc(OS(=O)(=O)OCCOS(=O)(=O)Oc2ccc(C)cc2)cc1. The van der Waals surface area contributed by atoms with Gasteiger partial charge in [0, 0.05) is 0 Å². The first-order valence-corrected chi connectivity index (χ1v) is 10.1. The van der Waals surface area contributed by atoms with E-state index in [2.05, 4.69) is 8.37 Å². The van der Waals surface area contributed by atoms with E-state index in [0.29, 0.717) is 0 Å². The molecule has 0 radical (unpaired) electrons. The number of rotatable bonds is 9. The van der Waals surface area contributed by atoms with E-state index in [-0.39, 0.29) is 11.5 Å². The summed E-state index contributed by atoms with van der Waals surface area (Å²) in [7, 11) is -8.69. The first-order valence-electron chi connectivity index (χ1n) is 7.46. The van der Waals surface area contributed by atoms with Crippen molar-refractivity contribution in [2.24, 2.45) is 0 Å². The van der Waals surface area contributed by atoms with Gasteiger partial charge in [-0.3, -0.25) is 0 Å². The predicted octanol–water partition coefficient (Wildman–Crippen LogP) is 2.28. The lowest BCUT2D eigenvalue weighted by molar-refractivity contribution is 0.193. The molecule has 0 spiro atoms. The van der Waals surface area contributed by atoms with Gasteiger partial charge in [0.25, 0.3) is 0 Å². The summed E-state index contributed by atoms with van der Waals surface area (Å²) in [5.74, 6) is 0.152. The largest absolute Gasteiger partial charge is 0.449 e. The maximum absolute atomic E-state index is 11.7. The lowest BCUT2D eigenvalue weighted by Gasteiger charge is -2.09. The Morgan fingerprint density at radius 2 is 0.923 bits per heavy atom. The van der Waals surface area contributed by atoms with Crippen LogP contribution in [0.5, 0.6) is 11.5 Å².